The van der Waals surface area contributed by atoms with Gasteiger partial charge in [0.2, 0.25) is 0 Å². The second-order valence-electron chi connectivity index (χ2n) is 6.02. The van der Waals surface area contributed by atoms with Crippen LogP contribution in [-0.4, -0.2) is 17.6 Å². The molecule has 0 aliphatic rings. The van der Waals surface area contributed by atoms with Crippen molar-refractivity contribution >= 4 is 23.4 Å². The van der Waals surface area contributed by atoms with E-state index >= 15 is 0 Å². The molecule has 2 N–H and O–H groups in total. The smallest absolute Gasteiger partial charge is 0.412 e. The highest BCUT2D eigenvalue weighted by atomic mass is 16.6. The van der Waals surface area contributed by atoms with E-state index in [9.17, 15) is 9.59 Å². The number of benzene rings is 1. The molecular weight excluding hydrogens is 296 g/mol. The molecule has 2 aromatic rings. The Bertz CT molecular complexity index is 713. The number of nitrogens with one attached hydrogen (secondary N) is 2. The number of furan rings is 1. The lowest BCUT2D eigenvalue weighted by atomic mass is 10.2. The predicted molar refractivity (Wildman–Crippen MR) is 87.7 cm³/mol. The lowest BCUT2D eigenvalue weighted by molar-refractivity contribution is 0.0635. The molecule has 2 amide bonds. The van der Waals surface area contributed by atoms with Crippen molar-refractivity contribution in [3.05, 3.63) is 47.9 Å². The molecule has 0 saturated heterocycles. The molecule has 0 saturated carbocycles. The fraction of sp³-hybridized carbons (Fsp3) is 0.294. The highest BCUT2D eigenvalue weighted by Crippen LogP contribution is 2.23. The van der Waals surface area contributed by atoms with Gasteiger partial charge in [-0.2, -0.15) is 0 Å². The number of hydrogen-bond donors (Lipinski definition) is 2. The molecule has 23 heavy (non-hydrogen) atoms. The number of anilines is 2. The maximum Gasteiger partial charge on any atom is 0.412 e. The second kappa shape index (κ2) is 6.56. The summed E-state index contributed by atoms with van der Waals surface area (Å²) in [5.74, 6) is 0.217. The molecule has 0 unspecified atom stereocenters. The van der Waals surface area contributed by atoms with Crippen LogP contribution in [0.5, 0.6) is 0 Å². The third kappa shape index (κ3) is 4.60. The Morgan fingerprint density at radius 2 is 1.65 bits per heavy atom. The minimum Gasteiger partial charge on any atom is -0.469 e. The molecule has 6 nitrogen and oxygen atoms in total. The number of para-hydroxylation sites is 2. The van der Waals surface area contributed by atoms with Gasteiger partial charge in [0.15, 0.2) is 0 Å². The average molecular weight is 316 g/mol. The zero-order valence-electron chi connectivity index (χ0n) is 13.6. The molecule has 6 heteroatoms. The first-order valence-corrected chi connectivity index (χ1v) is 7.21. The number of hydrogen-bond acceptors (Lipinski definition) is 4. The average Bonchev–Trinajstić information content (AvgIpc) is 2.85. The van der Waals surface area contributed by atoms with Gasteiger partial charge in [-0.1, -0.05) is 12.1 Å². The Balaban J connectivity index is 2.13. The van der Waals surface area contributed by atoms with Crippen LogP contribution in [0.15, 0.2) is 41.0 Å². The summed E-state index contributed by atoms with van der Waals surface area (Å²) in [6, 6.07) is 8.49. The minimum absolute atomic E-state index is 0.310. The van der Waals surface area contributed by atoms with E-state index in [1.165, 1.54) is 6.26 Å². The molecule has 0 bridgehead atoms. The zero-order valence-corrected chi connectivity index (χ0v) is 13.6. The number of aryl methyl sites for hydroxylation is 1. The van der Waals surface area contributed by atoms with Gasteiger partial charge in [-0.3, -0.25) is 10.1 Å². The summed E-state index contributed by atoms with van der Waals surface area (Å²) >= 11 is 0. The predicted octanol–water partition coefficient (Wildman–Crippen LogP) is 4.19. The first-order chi connectivity index (χ1) is 10.8. The van der Waals surface area contributed by atoms with E-state index in [0.717, 1.165) is 0 Å². The van der Waals surface area contributed by atoms with E-state index in [1.54, 1.807) is 58.0 Å². The standard InChI is InChI=1S/C17H20N2O4/c1-11-12(9-10-22-11)15(20)18-13-7-5-6-8-14(13)19-16(21)23-17(2,3)4/h5-10H,1-4H3,(H,18,20)(H,19,21). The Morgan fingerprint density at radius 3 is 2.17 bits per heavy atom. The van der Waals surface area contributed by atoms with Crippen LogP contribution in [0.25, 0.3) is 0 Å². The van der Waals surface area contributed by atoms with Gasteiger partial charge in [0, 0.05) is 0 Å². The molecule has 1 heterocycles. The molecule has 0 atom stereocenters. The van der Waals surface area contributed by atoms with Crippen molar-refractivity contribution in [3.8, 4) is 0 Å². The molecule has 0 radical (unpaired) electrons. The molecule has 2 rings (SSSR count). The molecule has 1 aromatic heterocycles. The van der Waals surface area contributed by atoms with Gasteiger partial charge in [-0.05, 0) is 45.9 Å². The fourth-order valence-electron chi connectivity index (χ4n) is 1.92. The summed E-state index contributed by atoms with van der Waals surface area (Å²) in [5, 5.41) is 5.39. The van der Waals surface area contributed by atoms with Crippen molar-refractivity contribution < 1.29 is 18.7 Å². The van der Waals surface area contributed by atoms with Gasteiger partial charge in [0.25, 0.3) is 5.91 Å². The van der Waals surface area contributed by atoms with Crippen LogP contribution in [0.3, 0.4) is 0 Å². The molecular formula is C17H20N2O4. The van der Waals surface area contributed by atoms with E-state index in [-0.39, 0.29) is 5.91 Å². The molecule has 1 aromatic carbocycles. The maximum atomic E-state index is 12.2. The normalized spacial score (nSPS) is 11.0. The van der Waals surface area contributed by atoms with E-state index < -0.39 is 11.7 Å². The van der Waals surface area contributed by atoms with Gasteiger partial charge < -0.3 is 14.5 Å². The summed E-state index contributed by atoms with van der Waals surface area (Å²) in [5.41, 5.74) is 0.771. The number of carbonyl (C=O) groups excluding carboxylic acids is 2. The summed E-state index contributed by atoms with van der Waals surface area (Å²) in [6.07, 6.45) is 0.869. The van der Waals surface area contributed by atoms with Crippen molar-refractivity contribution in [3.63, 3.8) is 0 Å². The minimum atomic E-state index is -0.601. The number of carbonyl (C=O) groups is 2. The number of amides is 2. The topological polar surface area (TPSA) is 80.6 Å². The largest absolute Gasteiger partial charge is 0.469 e. The van der Waals surface area contributed by atoms with Gasteiger partial charge in [0.05, 0.1) is 23.2 Å². The van der Waals surface area contributed by atoms with Crippen molar-refractivity contribution in [2.45, 2.75) is 33.3 Å². The van der Waals surface area contributed by atoms with Crippen molar-refractivity contribution in [2.24, 2.45) is 0 Å². The van der Waals surface area contributed by atoms with Gasteiger partial charge >= 0.3 is 6.09 Å². The highest BCUT2D eigenvalue weighted by molar-refractivity contribution is 6.07. The monoisotopic (exact) mass is 316 g/mol. The Labute approximate surface area is 134 Å². The van der Waals surface area contributed by atoms with Crippen molar-refractivity contribution in [1.82, 2.24) is 0 Å². The van der Waals surface area contributed by atoms with Crippen molar-refractivity contribution in [2.75, 3.05) is 10.6 Å². The summed E-state index contributed by atoms with van der Waals surface area (Å²) in [4.78, 5) is 24.1. The van der Waals surface area contributed by atoms with Crippen molar-refractivity contribution in [1.29, 1.82) is 0 Å². The maximum absolute atomic E-state index is 12.2. The molecule has 0 aliphatic carbocycles. The number of ether oxygens (including phenoxy) is 1. The quantitative estimate of drug-likeness (QED) is 0.889. The van der Waals surface area contributed by atoms with Crippen LogP contribution in [-0.2, 0) is 4.74 Å². The lowest BCUT2D eigenvalue weighted by Crippen LogP contribution is -2.27. The summed E-state index contributed by atoms with van der Waals surface area (Å²) in [6.45, 7) is 7.05. The van der Waals surface area contributed by atoms with Crippen LogP contribution in [0.2, 0.25) is 0 Å². The first-order valence-electron chi connectivity index (χ1n) is 7.21. The van der Waals surface area contributed by atoms with Gasteiger partial charge in [0.1, 0.15) is 11.4 Å². The lowest BCUT2D eigenvalue weighted by Gasteiger charge is -2.20. The molecule has 122 valence electrons. The van der Waals surface area contributed by atoms with Crippen LogP contribution in [0.1, 0.15) is 36.9 Å². The highest BCUT2D eigenvalue weighted by Gasteiger charge is 2.18. The van der Waals surface area contributed by atoms with Gasteiger partial charge in [-0.15, -0.1) is 0 Å². The van der Waals surface area contributed by atoms with E-state index in [1.807, 2.05) is 0 Å². The zero-order chi connectivity index (χ0) is 17.0. The van der Waals surface area contributed by atoms with Crippen LogP contribution in [0, 0.1) is 6.92 Å². The van der Waals surface area contributed by atoms with Gasteiger partial charge in [-0.25, -0.2) is 4.79 Å². The molecule has 0 aliphatic heterocycles. The van der Waals surface area contributed by atoms with E-state index in [4.69, 9.17) is 9.15 Å². The Morgan fingerprint density at radius 1 is 1.04 bits per heavy atom. The second-order valence-corrected chi connectivity index (χ2v) is 6.02. The third-order valence-corrected chi connectivity index (χ3v) is 2.91. The molecule has 0 fully saturated rings. The Hall–Kier alpha value is -2.76. The van der Waals surface area contributed by atoms with Crippen LogP contribution in [0.4, 0.5) is 16.2 Å². The van der Waals surface area contributed by atoms with E-state index in [2.05, 4.69) is 10.6 Å². The third-order valence-electron chi connectivity index (χ3n) is 2.91. The first kappa shape index (κ1) is 16.6. The number of rotatable bonds is 3. The Kier molecular flexibility index (Phi) is 4.74. The van der Waals surface area contributed by atoms with E-state index in [0.29, 0.717) is 22.7 Å². The van der Waals surface area contributed by atoms with Crippen LogP contribution < -0.4 is 10.6 Å². The summed E-state index contributed by atoms with van der Waals surface area (Å²) < 4.78 is 10.3. The summed E-state index contributed by atoms with van der Waals surface area (Å²) in [7, 11) is 0. The fourth-order valence-corrected chi connectivity index (χ4v) is 1.92. The molecule has 0 spiro atoms. The SMILES string of the molecule is Cc1occc1C(=O)Nc1ccccc1NC(=O)OC(C)(C)C. The van der Waals surface area contributed by atoms with Crippen LogP contribution >= 0.6 is 0 Å².